The Kier molecular flexibility index (Phi) is 3.26. The van der Waals surface area contributed by atoms with E-state index in [0.29, 0.717) is 12.2 Å². The Morgan fingerprint density at radius 3 is 3.06 bits per heavy atom. The Labute approximate surface area is 98.3 Å². The number of aromatic nitrogens is 1. The van der Waals surface area contributed by atoms with Gasteiger partial charge in [-0.3, -0.25) is 4.79 Å². The van der Waals surface area contributed by atoms with E-state index in [-0.39, 0.29) is 5.91 Å². The highest BCUT2D eigenvalue weighted by molar-refractivity contribution is 7.17. The third-order valence-corrected chi connectivity index (χ3v) is 3.19. The van der Waals surface area contributed by atoms with E-state index in [4.69, 9.17) is 0 Å². The highest BCUT2D eigenvalue weighted by atomic mass is 32.1. The van der Waals surface area contributed by atoms with Gasteiger partial charge in [0, 0.05) is 13.1 Å². The molecule has 1 amide bonds. The molecule has 0 fully saturated rings. The summed E-state index contributed by atoms with van der Waals surface area (Å²) in [6.07, 6.45) is 0. The molecule has 86 valence electrons. The Morgan fingerprint density at radius 2 is 2.38 bits per heavy atom. The Morgan fingerprint density at radius 1 is 1.56 bits per heavy atom. The number of carbonyl (C=O) groups is 1. The molecule has 0 aromatic carbocycles. The van der Waals surface area contributed by atoms with Crippen molar-refractivity contribution in [3.05, 3.63) is 23.2 Å². The minimum atomic E-state index is -0.0368. The third kappa shape index (κ3) is 2.43. The summed E-state index contributed by atoms with van der Waals surface area (Å²) < 4.78 is 1.12. The van der Waals surface area contributed by atoms with Crippen molar-refractivity contribution in [2.45, 2.75) is 0 Å². The second-order valence-electron chi connectivity index (χ2n) is 3.94. The predicted octanol–water partition coefficient (Wildman–Crippen LogP) is 1.52. The summed E-state index contributed by atoms with van der Waals surface area (Å²) in [5.74, 6) is -0.0368. The summed E-state index contributed by atoms with van der Waals surface area (Å²) in [6.45, 7) is 1.51. The summed E-state index contributed by atoms with van der Waals surface area (Å²) >= 11 is 1.63. The van der Waals surface area contributed by atoms with Gasteiger partial charge in [0.1, 0.15) is 5.69 Å². The number of H-pyrrole nitrogens is 1. The van der Waals surface area contributed by atoms with Crippen LogP contribution in [0.4, 0.5) is 0 Å². The molecule has 0 aliphatic heterocycles. The van der Waals surface area contributed by atoms with E-state index in [1.54, 1.807) is 11.3 Å². The van der Waals surface area contributed by atoms with E-state index in [1.165, 1.54) is 0 Å². The van der Waals surface area contributed by atoms with Crippen LogP contribution >= 0.6 is 11.3 Å². The van der Waals surface area contributed by atoms with Gasteiger partial charge in [0.15, 0.2) is 0 Å². The summed E-state index contributed by atoms with van der Waals surface area (Å²) in [6, 6.07) is 3.88. The molecular weight excluding hydrogens is 222 g/mol. The van der Waals surface area contributed by atoms with Gasteiger partial charge in [0.25, 0.3) is 5.91 Å². The number of hydrogen-bond donors (Lipinski definition) is 2. The van der Waals surface area contributed by atoms with E-state index in [9.17, 15) is 4.79 Å². The van der Waals surface area contributed by atoms with Crippen LogP contribution in [0.2, 0.25) is 0 Å². The van der Waals surface area contributed by atoms with E-state index < -0.39 is 0 Å². The Hall–Kier alpha value is -1.33. The Balaban J connectivity index is 1.97. The molecule has 0 aliphatic rings. The van der Waals surface area contributed by atoms with Crippen LogP contribution in [0, 0.1) is 0 Å². The lowest BCUT2D eigenvalue weighted by Gasteiger charge is -2.09. The molecule has 0 unspecified atom stereocenters. The van der Waals surface area contributed by atoms with Crippen molar-refractivity contribution in [1.82, 2.24) is 15.2 Å². The van der Waals surface area contributed by atoms with Gasteiger partial charge in [0.2, 0.25) is 0 Å². The molecule has 0 spiro atoms. The number of carbonyl (C=O) groups excluding carboxylic acids is 1. The molecular formula is C11H15N3OS. The molecule has 5 heteroatoms. The van der Waals surface area contributed by atoms with Crippen LogP contribution < -0.4 is 5.32 Å². The average Bonchev–Trinajstić information content (AvgIpc) is 2.75. The van der Waals surface area contributed by atoms with Crippen LogP contribution in [0.3, 0.4) is 0 Å². The zero-order valence-electron chi connectivity index (χ0n) is 9.41. The SMILES string of the molecule is CN(C)CCNC(=O)c1cc2sccc2[nH]1. The number of likely N-dealkylation sites (N-methyl/N-ethyl adjacent to an activating group) is 1. The minimum Gasteiger partial charge on any atom is -0.350 e. The number of amides is 1. The third-order valence-electron chi connectivity index (χ3n) is 2.33. The topological polar surface area (TPSA) is 48.1 Å². The Bertz CT molecular complexity index is 458. The molecule has 2 N–H and O–H groups in total. The van der Waals surface area contributed by atoms with Crippen molar-refractivity contribution in [2.24, 2.45) is 0 Å². The molecule has 0 radical (unpaired) electrons. The zero-order chi connectivity index (χ0) is 11.5. The van der Waals surface area contributed by atoms with Gasteiger partial charge in [0.05, 0.1) is 10.2 Å². The molecule has 0 aliphatic carbocycles. The van der Waals surface area contributed by atoms with E-state index >= 15 is 0 Å². The van der Waals surface area contributed by atoms with Crippen molar-refractivity contribution in [3.63, 3.8) is 0 Å². The number of hydrogen-bond acceptors (Lipinski definition) is 3. The quantitative estimate of drug-likeness (QED) is 0.847. The monoisotopic (exact) mass is 237 g/mol. The molecule has 2 heterocycles. The smallest absolute Gasteiger partial charge is 0.267 e. The molecule has 4 nitrogen and oxygen atoms in total. The molecule has 2 rings (SSSR count). The molecule has 0 atom stereocenters. The molecule has 0 bridgehead atoms. The lowest BCUT2D eigenvalue weighted by molar-refractivity contribution is 0.0947. The van der Waals surface area contributed by atoms with E-state index in [1.807, 2.05) is 36.5 Å². The number of aromatic amines is 1. The van der Waals surface area contributed by atoms with Crippen LogP contribution in [-0.2, 0) is 0 Å². The largest absolute Gasteiger partial charge is 0.350 e. The van der Waals surface area contributed by atoms with E-state index in [2.05, 4.69) is 10.3 Å². The fourth-order valence-electron chi connectivity index (χ4n) is 1.46. The number of nitrogens with one attached hydrogen (secondary N) is 2. The zero-order valence-corrected chi connectivity index (χ0v) is 10.2. The fraction of sp³-hybridized carbons (Fsp3) is 0.364. The molecule has 2 aromatic rings. The fourth-order valence-corrected chi connectivity index (χ4v) is 2.24. The van der Waals surface area contributed by atoms with Crippen LogP contribution in [0.1, 0.15) is 10.5 Å². The van der Waals surface area contributed by atoms with Crippen molar-refractivity contribution < 1.29 is 4.79 Å². The maximum atomic E-state index is 11.7. The first-order chi connectivity index (χ1) is 7.66. The average molecular weight is 237 g/mol. The van der Waals surface area contributed by atoms with Crippen LogP contribution in [0.25, 0.3) is 10.2 Å². The lowest BCUT2D eigenvalue weighted by Crippen LogP contribution is -2.31. The van der Waals surface area contributed by atoms with Crippen molar-refractivity contribution in [1.29, 1.82) is 0 Å². The molecule has 0 saturated carbocycles. The van der Waals surface area contributed by atoms with Gasteiger partial charge in [-0.25, -0.2) is 0 Å². The standard InChI is InChI=1S/C11H15N3OS/c1-14(2)5-4-12-11(15)9-7-10-8(13-9)3-6-16-10/h3,6-7,13H,4-5H2,1-2H3,(H,12,15). The van der Waals surface area contributed by atoms with Gasteiger partial charge in [-0.15, -0.1) is 11.3 Å². The molecule has 2 aromatic heterocycles. The summed E-state index contributed by atoms with van der Waals surface area (Å²) in [5, 5.41) is 4.88. The summed E-state index contributed by atoms with van der Waals surface area (Å²) in [7, 11) is 3.97. The number of thiophene rings is 1. The van der Waals surface area contributed by atoms with Gasteiger partial charge in [-0.1, -0.05) is 0 Å². The van der Waals surface area contributed by atoms with Gasteiger partial charge in [-0.2, -0.15) is 0 Å². The van der Waals surface area contributed by atoms with E-state index in [0.717, 1.165) is 16.8 Å². The normalized spacial score (nSPS) is 11.2. The summed E-state index contributed by atoms with van der Waals surface area (Å²) in [5.41, 5.74) is 1.67. The highest BCUT2D eigenvalue weighted by Gasteiger charge is 2.09. The van der Waals surface area contributed by atoms with Gasteiger partial charge in [-0.05, 0) is 31.6 Å². The second kappa shape index (κ2) is 4.67. The van der Waals surface area contributed by atoms with Gasteiger partial charge >= 0.3 is 0 Å². The van der Waals surface area contributed by atoms with Gasteiger partial charge < -0.3 is 15.2 Å². The lowest BCUT2D eigenvalue weighted by atomic mass is 10.4. The highest BCUT2D eigenvalue weighted by Crippen LogP contribution is 2.20. The van der Waals surface area contributed by atoms with Crippen LogP contribution in [-0.4, -0.2) is 43.0 Å². The maximum absolute atomic E-state index is 11.7. The number of fused-ring (bicyclic) bond motifs is 1. The second-order valence-corrected chi connectivity index (χ2v) is 4.89. The van der Waals surface area contributed by atoms with Crippen molar-refractivity contribution in [2.75, 3.05) is 27.2 Å². The van der Waals surface area contributed by atoms with Crippen LogP contribution in [0.15, 0.2) is 17.5 Å². The maximum Gasteiger partial charge on any atom is 0.267 e. The minimum absolute atomic E-state index is 0.0368. The van der Waals surface area contributed by atoms with Crippen molar-refractivity contribution >= 4 is 27.5 Å². The predicted molar refractivity (Wildman–Crippen MR) is 67.1 cm³/mol. The number of rotatable bonds is 4. The van der Waals surface area contributed by atoms with Crippen LogP contribution in [0.5, 0.6) is 0 Å². The van der Waals surface area contributed by atoms with Crippen molar-refractivity contribution in [3.8, 4) is 0 Å². The number of nitrogens with zero attached hydrogens (tertiary/aromatic N) is 1. The first-order valence-corrected chi connectivity index (χ1v) is 6.04. The first-order valence-electron chi connectivity index (χ1n) is 5.16. The molecule has 0 saturated heterocycles. The molecule has 16 heavy (non-hydrogen) atoms. The first kappa shape index (κ1) is 11.2. The summed E-state index contributed by atoms with van der Waals surface area (Å²) in [4.78, 5) is 16.9.